The maximum Gasteiger partial charge on any atom is 0.136 e. The van der Waals surface area contributed by atoms with Gasteiger partial charge in [-0.2, -0.15) is 0 Å². The van der Waals surface area contributed by atoms with Gasteiger partial charge in [0.05, 0.1) is 27.8 Å². The first-order valence-corrected chi connectivity index (χ1v) is 43.1. The van der Waals surface area contributed by atoms with Crippen LogP contribution in [0.25, 0.3) is 199 Å². The van der Waals surface area contributed by atoms with E-state index in [-0.39, 0.29) is 0 Å². The molecular formula is C120H78N4O2. The molecule has 0 spiro atoms. The fourth-order valence-corrected chi connectivity index (χ4v) is 19.1. The van der Waals surface area contributed by atoms with Gasteiger partial charge in [-0.1, -0.05) is 315 Å². The minimum atomic E-state index is 0.896. The fourth-order valence-electron chi connectivity index (χ4n) is 19.1. The van der Waals surface area contributed by atoms with Crippen LogP contribution in [0.2, 0.25) is 0 Å². The van der Waals surface area contributed by atoms with Gasteiger partial charge in [-0.25, -0.2) is 0 Å². The first-order chi connectivity index (χ1) is 62.4. The van der Waals surface area contributed by atoms with Gasteiger partial charge in [0, 0.05) is 88.5 Å². The molecule has 4 aromatic heterocycles. The lowest BCUT2D eigenvalue weighted by molar-refractivity contribution is 0.668. The molecule has 0 N–H and O–H groups in total. The summed E-state index contributed by atoms with van der Waals surface area (Å²) in [4.78, 5) is 4.71. The van der Waals surface area contributed by atoms with Crippen LogP contribution in [0.4, 0.5) is 34.1 Å². The lowest BCUT2D eigenvalue weighted by Crippen LogP contribution is -2.09. The van der Waals surface area contributed by atoms with Crippen LogP contribution in [-0.4, -0.2) is 9.13 Å². The van der Waals surface area contributed by atoms with E-state index < -0.39 is 0 Å². The van der Waals surface area contributed by atoms with Crippen LogP contribution in [0.5, 0.6) is 0 Å². The number of para-hydroxylation sites is 7. The van der Waals surface area contributed by atoms with Crippen molar-refractivity contribution in [1.82, 2.24) is 9.13 Å². The van der Waals surface area contributed by atoms with Crippen molar-refractivity contribution in [2.45, 2.75) is 0 Å². The SMILES string of the molecule is c1ccc(N(c2ccc(-c3ccc(-c4ccc5c(c4)oc4ccccc45)cc3)cc2)c2ccc(-c3ccccc3-n3c4ccccc4c4ccc(-c5ccc(-c6cccc(-c7ccc(N(c8ccc(-c9ccc(-c%10ccc%11c(c%10)oc%10ccccc%10%11)cc9)cc8)c8ccc(-c9cccc(-n%10c%11ccccc%11c%11ccccc%11%10)c9)cc8)cc7)c6)cc5)cc43)cc2)cc1. The summed E-state index contributed by atoms with van der Waals surface area (Å²) in [5.41, 5.74) is 37.5. The zero-order valence-electron chi connectivity index (χ0n) is 68.6. The predicted octanol–water partition coefficient (Wildman–Crippen LogP) is 33.6. The summed E-state index contributed by atoms with van der Waals surface area (Å²) in [6, 6.07) is 172. The van der Waals surface area contributed by atoms with Crippen LogP contribution in [0, 0.1) is 0 Å². The van der Waals surface area contributed by atoms with E-state index in [4.69, 9.17) is 8.83 Å². The molecule has 24 aromatic rings. The number of hydrogen-bond acceptors (Lipinski definition) is 4. The molecular weight excluding hydrogens is 1530 g/mol. The van der Waals surface area contributed by atoms with Gasteiger partial charge < -0.3 is 27.8 Å². The molecule has 20 aromatic carbocycles. The van der Waals surface area contributed by atoms with Crippen molar-refractivity contribution in [1.29, 1.82) is 0 Å². The summed E-state index contributed by atoms with van der Waals surface area (Å²) in [5.74, 6) is 0. The standard InChI is InChI=1S/C120H78N4O2/c1-2-21-96(22-3-1)121(97-61-48-81(49-62-97)79-36-40-85(41-37-79)94-59-72-110-108-28-8-14-34-117(108)125-119(110)77-94)101-69-56-89(57-70-101)103-24-4-10-30-112(103)124-115-33-13-7-27-106(115)107-71-58-93(76-116(107)124)84-46-44-83(45-47-84)90-18-16-19-91(74-90)87-52-65-99(66-53-87)122(98-63-50-82(51-64-98)80-38-42-86(43-39-80)95-60-73-111-109-29-9-15-35-118(109)126-120(111)78-95)100-67-54-88(55-68-100)92-20-17-23-102(75-92)123-113-31-11-5-25-104(113)105-26-6-12-32-114(105)123/h1-78H. The Morgan fingerprint density at radius 3 is 0.857 bits per heavy atom. The quantitative estimate of drug-likeness (QED) is 0.0911. The topological polar surface area (TPSA) is 42.6 Å². The third-order valence-corrected chi connectivity index (χ3v) is 25.4. The molecule has 0 fully saturated rings. The van der Waals surface area contributed by atoms with E-state index in [1.165, 1.54) is 32.6 Å². The van der Waals surface area contributed by atoms with Crippen LogP contribution in [0.15, 0.2) is 482 Å². The van der Waals surface area contributed by atoms with Gasteiger partial charge in [0.1, 0.15) is 22.3 Å². The zero-order chi connectivity index (χ0) is 83.1. The molecule has 0 saturated carbocycles. The molecule has 0 aliphatic heterocycles. The Labute approximate surface area is 729 Å². The Balaban J connectivity index is 0.501. The number of aromatic nitrogens is 2. The number of fused-ring (bicyclic) bond motifs is 12. The van der Waals surface area contributed by atoms with Crippen molar-refractivity contribution in [2.24, 2.45) is 0 Å². The molecule has 0 aliphatic carbocycles. The molecule has 0 atom stereocenters. The van der Waals surface area contributed by atoms with Crippen molar-refractivity contribution in [3.8, 4) is 112 Å². The van der Waals surface area contributed by atoms with Crippen molar-refractivity contribution in [2.75, 3.05) is 9.80 Å². The smallest absolute Gasteiger partial charge is 0.136 e. The first-order valence-electron chi connectivity index (χ1n) is 43.1. The second-order valence-electron chi connectivity index (χ2n) is 32.7. The van der Waals surface area contributed by atoms with E-state index in [1.807, 2.05) is 24.3 Å². The lowest BCUT2D eigenvalue weighted by Gasteiger charge is -2.26. The van der Waals surface area contributed by atoms with Crippen molar-refractivity contribution in [3.05, 3.63) is 473 Å². The minimum absolute atomic E-state index is 0.896. The molecule has 0 radical (unpaired) electrons. The van der Waals surface area contributed by atoms with Gasteiger partial charge in [0.25, 0.3) is 0 Å². The third kappa shape index (κ3) is 13.1. The van der Waals surface area contributed by atoms with E-state index in [1.54, 1.807) is 0 Å². The fraction of sp³-hybridized carbons (Fsp3) is 0. The number of rotatable bonds is 17. The summed E-state index contributed by atoms with van der Waals surface area (Å²) >= 11 is 0. The Bertz CT molecular complexity index is 8210. The summed E-state index contributed by atoms with van der Waals surface area (Å²) in [6.07, 6.45) is 0. The van der Waals surface area contributed by atoms with E-state index in [0.29, 0.717) is 0 Å². The highest BCUT2D eigenvalue weighted by Crippen LogP contribution is 2.46. The number of anilines is 6. The Hall–Kier alpha value is -16.8. The lowest BCUT2D eigenvalue weighted by atomic mass is 9.96. The average Bonchev–Trinajstić information content (AvgIpc) is 1.46. The van der Waals surface area contributed by atoms with Crippen molar-refractivity contribution >= 4 is 122 Å². The van der Waals surface area contributed by atoms with E-state index >= 15 is 0 Å². The predicted molar refractivity (Wildman–Crippen MR) is 528 cm³/mol. The number of benzene rings is 20. The molecule has 126 heavy (non-hydrogen) atoms. The number of nitrogens with zero attached hydrogens (tertiary/aromatic N) is 4. The first kappa shape index (κ1) is 73.1. The molecule has 6 heteroatoms. The molecule has 24 rings (SSSR count). The minimum Gasteiger partial charge on any atom is -0.456 e. The molecule has 0 amide bonds. The summed E-state index contributed by atoms with van der Waals surface area (Å²) in [6.45, 7) is 0. The van der Waals surface area contributed by atoms with Gasteiger partial charge in [-0.15, -0.1) is 0 Å². The largest absolute Gasteiger partial charge is 0.456 e. The summed E-state index contributed by atoms with van der Waals surface area (Å²) < 4.78 is 17.4. The monoisotopic (exact) mass is 1610 g/mol. The van der Waals surface area contributed by atoms with Crippen LogP contribution >= 0.6 is 0 Å². The van der Waals surface area contributed by atoms with Gasteiger partial charge in [-0.05, 0) is 252 Å². The van der Waals surface area contributed by atoms with Crippen LogP contribution < -0.4 is 9.80 Å². The highest BCUT2D eigenvalue weighted by molar-refractivity contribution is 6.13. The molecule has 0 aliphatic rings. The van der Waals surface area contributed by atoms with Gasteiger partial charge in [0.2, 0.25) is 0 Å². The van der Waals surface area contributed by atoms with Gasteiger partial charge in [-0.3, -0.25) is 0 Å². The van der Waals surface area contributed by atoms with Gasteiger partial charge >= 0.3 is 0 Å². The maximum absolute atomic E-state index is 6.29. The highest BCUT2D eigenvalue weighted by Gasteiger charge is 2.22. The second kappa shape index (κ2) is 30.7. The van der Waals surface area contributed by atoms with Crippen LogP contribution in [0.3, 0.4) is 0 Å². The second-order valence-corrected chi connectivity index (χ2v) is 32.7. The summed E-state index contributed by atoms with van der Waals surface area (Å²) in [7, 11) is 0. The number of furan rings is 2. The molecule has 6 nitrogen and oxygen atoms in total. The van der Waals surface area contributed by atoms with Gasteiger partial charge in [0.15, 0.2) is 0 Å². The van der Waals surface area contributed by atoms with E-state index in [0.717, 1.165) is 201 Å². The average molecular weight is 1610 g/mol. The van der Waals surface area contributed by atoms with Crippen LogP contribution in [-0.2, 0) is 0 Å². The molecule has 0 bridgehead atoms. The van der Waals surface area contributed by atoms with E-state index in [2.05, 4.69) is 468 Å². The third-order valence-electron chi connectivity index (χ3n) is 25.4. The molecule has 0 unspecified atom stereocenters. The molecule has 590 valence electrons. The number of hydrogen-bond donors (Lipinski definition) is 0. The Kier molecular flexibility index (Phi) is 17.8. The molecule has 0 saturated heterocycles. The normalized spacial score (nSPS) is 11.7. The zero-order valence-corrected chi connectivity index (χ0v) is 68.6. The Morgan fingerprint density at radius 2 is 0.429 bits per heavy atom. The molecule has 4 heterocycles. The summed E-state index contributed by atoms with van der Waals surface area (Å²) in [5, 5.41) is 9.46. The Morgan fingerprint density at radius 1 is 0.151 bits per heavy atom. The van der Waals surface area contributed by atoms with E-state index in [9.17, 15) is 0 Å². The maximum atomic E-state index is 6.29. The van der Waals surface area contributed by atoms with Crippen molar-refractivity contribution < 1.29 is 8.83 Å². The highest BCUT2D eigenvalue weighted by atomic mass is 16.3. The van der Waals surface area contributed by atoms with Crippen LogP contribution in [0.1, 0.15) is 0 Å². The van der Waals surface area contributed by atoms with Crippen molar-refractivity contribution in [3.63, 3.8) is 0 Å².